The number of nitrogens with one attached hydrogen (secondary N) is 1. The van der Waals surface area contributed by atoms with Crippen LogP contribution in [0.1, 0.15) is 30.5 Å². The van der Waals surface area contributed by atoms with Crippen LogP contribution >= 0.6 is 0 Å². The second kappa shape index (κ2) is 6.05. The van der Waals surface area contributed by atoms with Crippen LogP contribution in [0.4, 0.5) is 10.5 Å². The largest absolute Gasteiger partial charge is 0.370 e. The molecule has 0 radical (unpaired) electrons. The molecule has 0 aromatic heterocycles. The molecule has 0 aliphatic rings. The zero-order valence-corrected chi connectivity index (χ0v) is 11.1. The minimum atomic E-state index is -0.539. The van der Waals surface area contributed by atoms with E-state index in [9.17, 15) is 4.79 Å². The predicted molar refractivity (Wildman–Crippen MR) is 74.8 cm³/mol. The lowest BCUT2D eigenvalue weighted by Gasteiger charge is -2.14. The molecular formula is C13H20N4O. The molecule has 0 fully saturated rings. The molecule has 5 nitrogen and oxygen atoms in total. The summed E-state index contributed by atoms with van der Waals surface area (Å²) in [6.45, 7) is 6.13. The number of urea groups is 1. The molecular weight excluding hydrogens is 228 g/mol. The molecule has 0 aliphatic heterocycles. The van der Waals surface area contributed by atoms with Crippen molar-refractivity contribution in [3.05, 3.63) is 28.8 Å². The van der Waals surface area contributed by atoms with Crippen molar-refractivity contribution in [3.8, 4) is 0 Å². The van der Waals surface area contributed by atoms with Crippen LogP contribution in [-0.4, -0.2) is 12.0 Å². The molecule has 0 saturated heterocycles. The summed E-state index contributed by atoms with van der Waals surface area (Å²) in [6, 6.07) is 3.58. The van der Waals surface area contributed by atoms with Crippen molar-refractivity contribution in [2.75, 3.05) is 5.32 Å². The van der Waals surface area contributed by atoms with Crippen LogP contribution in [0.25, 0.3) is 0 Å². The molecule has 0 aliphatic carbocycles. The molecule has 0 saturated carbocycles. The molecule has 1 rings (SSSR count). The summed E-state index contributed by atoms with van der Waals surface area (Å²) < 4.78 is 0. The fraction of sp³-hybridized carbons (Fsp3) is 0.385. The topological polar surface area (TPSA) is 93.5 Å². The van der Waals surface area contributed by atoms with Crippen molar-refractivity contribution in [1.82, 2.24) is 0 Å². The quantitative estimate of drug-likeness (QED) is 0.563. The molecule has 0 heterocycles. The highest BCUT2D eigenvalue weighted by molar-refractivity contribution is 5.99. The SMILES string of the molecule is CCc1cc(C)cc(CC)c1NC(=O)N=C(N)N. The Balaban J connectivity index is 3.14. The second-order valence-corrected chi connectivity index (χ2v) is 4.13. The van der Waals surface area contributed by atoms with Crippen molar-refractivity contribution >= 4 is 17.7 Å². The summed E-state index contributed by atoms with van der Waals surface area (Å²) >= 11 is 0. The van der Waals surface area contributed by atoms with E-state index in [1.54, 1.807) is 0 Å². The summed E-state index contributed by atoms with van der Waals surface area (Å²) in [7, 11) is 0. The van der Waals surface area contributed by atoms with Gasteiger partial charge in [0, 0.05) is 5.69 Å². The summed E-state index contributed by atoms with van der Waals surface area (Å²) in [6.07, 6.45) is 1.68. The van der Waals surface area contributed by atoms with E-state index in [4.69, 9.17) is 11.5 Å². The summed E-state index contributed by atoms with van der Waals surface area (Å²) in [5, 5.41) is 2.75. The van der Waals surface area contributed by atoms with E-state index < -0.39 is 6.03 Å². The molecule has 1 aromatic carbocycles. The predicted octanol–water partition coefficient (Wildman–Crippen LogP) is 1.93. The average Bonchev–Trinajstić information content (AvgIpc) is 2.29. The van der Waals surface area contributed by atoms with Crippen molar-refractivity contribution in [1.29, 1.82) is 0 Å². The van der Waals surface area contributed by atoms with Gasteiger partial charge in [0.25, 0.3) is 0 Å². The Kier molecular flexibility index (Phi) is 4.71. The lowest BCUT2D eigenvalue weighted by Crippen LogP contribution is -2.25. The van der Waals surface area contributed by atoms with Crippen LogP contribution < -0.4 is 16.8 Å². The van der Waals surface area contributed by atoms with Gasteiger partial charge in [0.15, 0.2) is 5.96 Å². The molecule has 0 unspecified atom stereocenters. The van der Waals surface area contributed by atoms with Gasteiger partial charge in [-0.15, -0.1) is 0 Å². The molecule has 0 atom stereocenters. The van der Waals surface area contributed by atoms with Gasteiger partial charge in [-0.05, 0) is 30.9 Å². The number of nitrogens with two attached hydrogens (primary N) is 2. The number of guanidine groups is 1. The van der Waals surface area contributed by atoms with Crippen LogP contribution in [0, 0.1) is 6.92 Å². The maximum atomic E-state index is 11.6. The number of aryl methyl sites for hydroxylation is 3. The van der Waals surface area contributed by atoms with E-state index in [-0.39, 0.29) is 5.96 Å². The number of hydrogen-bond donors (Lipinski definition) is 3. The summed E-state index contributed by atoms with van der Waals surface area (Å²) in [5.41, 5.74) is 14.5. The van der Waals surface area contributed by atoms with E-state index in [0.717, 1.165) is 29.7 Å². The molecule has 0 spiro atoms. The van der Waals surface area contributed by atoms with E-state index in [0.29, 0.717) is 0 Å². The van der Waals surface area contributed by atoms with Gasteiger partial charge in [-0.2, -0.15) is 4.99 Å². The lowest BCUT2D eigenvalue weighted by molar-refractivity contribution is 0.259. The van der Waals surface area contributed by atoms with Gasteiger partial charge >= 0.3 is 6.03 Å². The van der Waals surface area contributed by atoms with Gasteiger partial charge in [0.2, 0.25) is 0 Å². The van der Waals surface area contributed by atoms with Gasteiger partial charge in [0.05, 0.1) is 0 Å². The maximum Gasteiger partial charge on any atom is 0.348 e. The van der Waals surface area contributed by atoms with Crippen LogP contribution in [0.5, 0.6) is 0 Å². The summed E-state index contributed by atoms with van der Waals surface area (Å²) in [4.78, 5) is 15.1. The third-order valence-electron chi connectivity index (χ3n) is 2.67. The number of hydrogen-bond acceptors (Lipinski definition) is 1. The molecule has 5 N–H and O–H groups in total. The van der Waals surface area contributed by atoms with E-state index in [1.165, 1.54) is 5.56 Å². The van der Waals surface area contributed by atoms with Gasteiger partial charge in [0.1, 0.15) is 0 Å². The van der Waals surface area contributed by atoms with Crippen LogP contribution in [0.3, 0.4) is 0 Å². The Morgan fingerprint density at radius 1 is 1.22 bits per heavy atom. The third kappa shape index (κ3) is 3.48. The van der Waals surface area contributed by atoms with Gasteiger partial charge in [-0.1, -0.05) is 31.5 Å². The van der Waals surface area contributed by atoms with Crippen molar-refractivity contribution in [2.45, 2.75) is 33.6 Å². The fourth-order valence-electron chi connectivity index (χ4n) is 1.91. The van der Waals surface area contributed by atoms with Crippen LogP contribution in [0.2, 0.25) is 0 Å². The molecule has 18 heavy (non-hydrogen) atoms. The number of anilines is 1. The van der Waals surface area contributed by atoms with E-state index >= 15 is 0 Å². The zero-order chi connectivity index (χ0) is 13.7. The standard InChI is InChI=1S/C13H20N4O/c1-4-9-6-8(3)7-10(5-2)11(9)16-13(18)17-12(14)15/h6-7H,4-5H2,1-3H3,(H5,14,15,16,17,18). The Hall–Kier alpha value is -2.04. The molecule has 2 amide bonds. The number of carbonyl (C=O) groups excluding carboxylic acids is 1. The smallest absolute Gasteiger partial charge is 0.348 e. The third-order valence-corrected chi connectivity index (χ3v) is 2.67. The van der Waals surface area contributed by atoms with Crippen molar-refractivity contribution < 1.29 is 4.79 Å². The molecule has 5 heteroatoms. The lowest BCUT2D eigenvalue weighted by atomic mass is 10.00. The molecule has 0 bridgehead atoms. The van der Waals surface area contributed by atoms with Crippen molar-refractivity contribution in [2.24, 2.45) is 16.5 Å². The summed E-state index contributed by atoms with van der Waals surface area (Å²) in [5.74, 6) is -0.240. The van der Waals surface area contributed by atoms with Gasteiger partial charge in [-0.3, -0.25) is 0 Å². The van der Waals surface area contributed by atoms with Gasteiger partial charge < -0.3 is 16.8 Å². The van der Waals surface area contributed by atoms with Gasteiger partial charge in [-0.25, -0.2) is 4.79 Å². The molecule has 98 valence electrons. The van der Waals surface area contributed by atoms with Crippen LogP contribution in [-0.2, 0) is 12.8 Å². The number of benzene rings is 1. The Bertz CT molecular complexity index is 451. The number of aliphatic imine (C=N–C) groups is 1. The molecule has 1 aromatic rings. The first kappa shape index (κ1) is 14.0. The Morgan fingerprint density at radius 3 is 2.11 bits per heavy atom. The average molecular weight is 248 g/mol. The minimum absolute atomic E-state index is 0.240. The second-order valence-electron chi connectivity index (χ2n) is 4.13. The highest BCUT2D eigenvalue weighted by Gasteiger charge is 2.10. The van der Waals surface area contributed by atoms with Crippen LogP contribution in [0.15, 0.2) is 17.1 Å². The Morgan fingerprint density at radius 2 is 1.72 bits per heavy atom. The first-order valence-corrected chi connectivity index (χ1v) is 6.00. The minimum Gasteiger partial charge on any atom is -0.370 e. The fourth-order valence-corrected chi connectivity index (χ4v) is 1.91. The monoisotopic (exact) mass is 248 g/mol. The van der Waals surface area contributed by atoms with E-state index in [2.05, 4.69) is 22.4 Å². The number of carbonyl (C=O) groups is 1. The van der Waals surface area contributed by atoms with E-state index in [1.807, 2.05) is 20.8 Å². The first-order chi connectivity index (χ1) is 8.47. The highest BCUT2D eigenvalue weighted by atomic mass is 16.2. The first-order valence-electron chi connectivity index (χ1n) is 6.00. The normalized spacial score (nSPS) is 9.94. The number of amides is 2. The Labute approximate surface area is 107 Å². The maximum absolute atomic E-state index is 11.6. The number of rotatable bonds is 3. The van der Waals surface area contributed by atoms with Crippen molar-refractivity contribution in [3.63, 3.8) is 0 Å². The number of nitrogens with zero attached hydrogens (tertiary/aromatic N) is 1. The zero-order valence-electron chi connectivity index (χ0n) is 11.1. The highest BCUT2D eigenvalue weighted by Crippen LogP contribution is 2.24.